The van der Waals surface area contributed by atoms with Crippen molar-refractivity contribution in [2.75, 3.05) is 39.3 Å². The predicted octanol–water partition coefficient (Wildman–Crippen LogP) is 0.657. The molecule has 0 unspecified atom stereocenters. The molecular formula is C11H25N3. The zero-order valence-electron chi connectivity index (χ0n) is 9.47. The lowest BCUT2D eigenvalue weighted by Gasteiger charge is -2.30. The first kappa shape index (κ1) is 12.0. The maximum atomic E-state index is 5.42. The van der Waals surface area contributed by atoms with E-state index in [1.54, 1.807) is 0 Å². The molecule has 0 amide bonds. The smallest absolute Gasteiger partial charge is 0.0107 e. The second kappa shape index (κ2) is 7.21. The monoisotopic (exact) mass is 199 g/mol. The molecule has 3 heteroatoms. The summed E-state index contributed by atoms with van der Waals surface area (Å²) in [6, 6.07) is 0. The Balaban J connectivity index is 1.91. The van der Waals surface area contributed by atoms with Crippen LogP contribution < -0.4 is 11.1 Å². The molecule has 14 heavy (non-hydrogen) atoms. The van der Waals surface area contributed by atoms with Crippen molar-refractivity contribution >= 4 is 0 Å². The fourth-order valence-electron chi connectivity index (χ4n) is 1.87. The second-order valence-electron chi connectivity index (χ2n) is 4.42. The van der Waals surface area contributed by atoms with Crippen molar-refractivity contribution in [3.8, 4) is 0 Å². The number of hydrogen-bond donors (Lipinski definition) is 2. The summed E-state index contributed by atoms with van der Waals surface area (Å²) in [5.74, 6) is 0.941. The summed E-state index contributed by atoms with van der Waals surface area (Å²) < 4.78 is 0. The standard InChI is InChI=1S/C11H25N3/c1-11-3-8-14(9-4-11)10-7-13-6-2-5-12/h11,13H,2-10,12H2,1H3. The molecule has 3 nitrogen and oxygen atoms in total. The van der Waals surface area contributed by atoms with Crippen LogP contribution in [0.4, 0.5) is 0 Å². The molecule has 3 N–H and O–H groups in total. The zero-order valence-corrected chi connectivity index (χ0v) is 9.47. The third-order valence-corrected chi connectivity index (χ3v) is 3.04. The highest BCUT2D eigenvalue weighted by atomic mass is 15.1. The minimum atomic E-state index is 0.800. The summed E-state index contributed by atoms with van der Waals surface area (Å²) >= 11 is 0. The van der Waals surface area contributed by atoms with E-state index in [1.165, 1.54) is 32.5 Å². The molecule has 0 aromatic carbocycles. The van der Waals surface area contributed by atoms with E-state index in [1.807, 2.05) is 0 Å². The van der Waals surface area contributed by atoms with Gasteiger partial charge in [0.25, 0.3) is 0 Å². The summed E-state index contributed by atoms with van der Waals surface area (Å²) in [5, 5.41) is 3.42. The SMILES string of the molecule is CC1CCN(CCNCCCN)CC1. The Hall–Kier alpha value is -0.120. The predicted molar refractivity (Wildman–Crippen MR) is 61.4 cm³/mol. The van der Waals surface area contributed by atoms with Gasteiger partial charge in [-0.1, -0.05) is 6.92 Å². The Morgan fingerprint density at radius 2 is 2.00 bits per heavy atom. The van der Waals surface area contributed by atoms with Crippen molar-refractivity contribution < 1.29 is 0 Å². The first-order valence-corrected chi connectivity index (χ1v) is 5.96. The maximum Gasteiger partial charge on any atom is 0.0107 e. The van der Waals surface area contributed by atoms with E-state index < -0.39 is 0 Å². The molecule has 0 radical (unpaired) electrons. The molecule has 0 spiro atoms. The highest BCUT2D eigenvalue weighted by Crippen LogP contribution is 2.14. The fraction of sp³-hybridized carbons (Fsp3) is 1.00. The van der Waals surface area contributed by atoms with Crippen LogP contribution in [-0.2, 0) is 0 Å². The molecule has 1 heterocycles. The normalized spacial score (nSPS) is 20.1. The van der Waals surface area contributed by atoms with Crippen molar-refractivity contribution in [2.24, 2.45) is 11.7 Å². The van der Waals surface area contributed by atoms with Crippen LogP contribution in [0.25, 0.3) is 0 Å². The quantitative estimate of drug-likeness (QED) is 0.617. The highest BCUT2D eigenvalue weighted by Gasteiger charge is 2.14. The Bertz CT molecular complexity index is 130. The van der Waals surface area contributed by atoms with E-state index in [2.05, 4.69) is 17.1 Å². The lowest BCUT2D eigenvalue weighted by Crippen LogP contribution is -2.38. The van der Waals surface area contributed by atoms with Crippen LogP contribution in [0.15, 0.2) is 0 Å². The van der Waals surface area contributed by atoms with Crippen LogP contribution in [0.2, 0.25) is 0 Å². The molecule has 1 fully saturated rings. The molecule has 1 aliphatic heterocycles. The average Bonchev–Trinajstić information content (AvgIpc) is 2.21. The van der Waals surface area contributed by atoms with Crippen molar-refractivity contribution in [3.63, 3.8) is 0 Å². The zero-order chi connectivity index (χ0) is 10.2. The van der Waals surface area contributed by atoms with Crippen molar-refractivity contribution in [1.82, 2.24) is 10.2 Å². The van der Waals surface area contributed by atoms with Gasteiger partial charge in [0.05, 0.1) is 0 Å². The Kier molecular flexibility index (Phi) is 6.15. The fourth-order valence-corrected chi connectivity index (χ4v) is 1.87. The van der Waals surface area contributed by atoms with E-state index in [0.29, 0.717) is 0 Å². The first-order valence-electron chi connectivity index (χ1n) is 5.96. The van der Waals surface area contributed by atoms with Gasteiger partial charge in [-0.15, -0.1) is 0 Å². The number of nitrogens with one attached hydrogen (secondary N) is 1. The third-order valence-electron chi connectivity index (χ3n) is 3.04. The van der Waals surface area contributed by atoms with Crippen LogP contribution in [0, 0.1) is 5.92 Å². The Labute approximate surface area is 88.0 Å². The number of likely N-dealkylation sites (tertiary alicyclic amines) is 1. The lowest BCUT2D eigenvalue weighted by molar-refractivity contribution is 0.193. The van der Waals surface area contributed by atoms with E-state index in [4.69, 9.17) is 5.73 Å². The first-order chi connectivity index (χ1) is 6.83. The van der Waals surface area contributed by atoms with Crippen molar-refractivity contribution in [1.29, 1.82) is 0 Å². The van der Waals surface area contributed by atoms with E-state index in [9.17, 15) is 0 Å². The van der Waals surface area contributed by atoms with Gasteiger partial charge in [0, 0.05) is 13.1 Å². The van der Waals surface area contributed by atoms with Crippen LogP contribution in [0.1, 0.15) is 26.2 Å². The molecule has 0 atom stereocenters. The van der Waals surface area contributed by atoms with Crippen LogP contribution in [-0.4, -0.2) is 44.2 Å². The molecule has 84 valence electrons. The number of nitrogens with zero attached hydrogens (tertiary/aromatic N) is 1. The molecule has 0 saturated carbocycles. The van der Waals surface area contributed by atoms with E-state index in [0.717, 1.165) is 32.0 Å². The lowest BCUT2D eigenvalue weighted by atomic mass is 9.99. The number of nitrogens with two attached hydrogens (primary N) is 1. The Morgan fingerprint density at radius 3 is 2.64 bits per heavy atom. The average molecular weight is 199 g/mol. The van der Waals surface area contributed by atoms with Gasteiger partial charge >= 0.3 is 0 Å². The summed E-state index contributed by atoms with van der Waals surface area (Å²) in [6.45, 7) is 9.14. The van der Waals surface area contributed by atoms with E-state index in [-0.39, 0.29) is 0 Å². The Morgan fingerprint density at radius 1 is 1.29 bits per heavy atom. The van der Waals surface area contributed by atoms with Gasteiger partial charge in [0.1, 0.15) is 0 Å². The topological polar surface area (TPSA) is 41.3 Å². The molecule has 0 aliphatic carbocycles. The van der Waals surface area contributed by atoms with E-state index >= 15 is 0 Å². The number of piperidine rings is 1. The summed E-state index contributed by atoms with van der Waals surface area (Å²) in [7, 11) is 0. The van der Waals surface area contributed by atoms with Gasteiger partial charge in [-0.05, 0) is 51.4 Å². The van der Waals surface area contributed by atoms with Gasteiger partial charge in [-0.3, -0.25) is 0 Å². The van der Waals surface area contributed by atoms with Crippen LogP contribution >= 0.6 is 0 Å². The third kappa shape index (κ3) is 4.94. The summed E-state index contributed by atoms with van der Waals surface area (Å²) in [4.78, 5) is 2.56. The second-order valence-corrected chi connectivity index (χ2v) is 4.42. The maximum absolute atomic E-state index is 5.42. The van der Waals surface area contributed by atoms with Gasteiger partial charge in [0.15, 0.2) is 0 Å². The van der Waals surface area contributed by atoms with Gasteiger partial charge < -0.3 is 16.0 Å². The van der Waals surface area contributed by atoms with Crippen molar-refractivity contribution in [2.45, 2.75) is 26.2 Å². The highest BCUT2D eigenvalue weighted by molar-refractivity contribution is 4.69. The molecule has 1 rings (SSSR count). The summed E-state index contributed by atoms with van der Waals surface area (Å²) in [6.07, 6.45) is 3.85. The number of rotatable bonds is 6. The molecule has 1 saturated heterocycles. The molecule has 0 aromatic heterocycles. The number of hydrogen-bond acceptors (Lipinski definition) is 3. The molecular weight excluding hydrogens is 174 g/mol. The van der Waals surface area contributed by atoms with Gasteiger partial charge in [-0.25, -0.2) is 0 Å². The van der Waals surface area contributed by atoms with Crippen molar-refractivity contribution in [3.05, 3.63) is 0 Å². The van der Waals surface area contributed by atoms with Gasteiger partial charge in [-0.2, -0.15) is 0 Å². The minimum Gasteiger partial charge on any atom is -0.330 e. The summed E-state index contributed by atoms with van der Waals surface area (Å²) in [5.41, 5.74) is 5.42. The minimum absolute atomic E-state index is 0.800. The van der Waals surface area contributed by atoms with Crippen LogP contribution in [0.5, 0.6) is 0 Å². The largest absolute Gasteiger partial charge is 0.330 e. The molecule has 0 aromatic rings. The van der Waals surface area contributed by atoms with Crippen LogP contribution in [0.3, 0.4) is 0 Å². The molecule has 1 aliphatic rings. The molecule has 0 bridgehead atoms. The van der Waals surface area contributed by atoms with Gasteiger partial charge in [0.2, 0.25) is 0 Å².